The molecule has 1 heterocycles. The Balaban J connectivity index is 2.11. The number of nitrogens with zero attached hydrogens (tertiary/aromatic N) is 2. The van der Waals surface area contributed by atoms with E-state index in [1.165, 1.54) is 27.8 Å². The lowest BCUT2D eigenvalue weighted by Gasteiger charge is -2.34. The van der Waals surface area contributed by atoms with Crippen molar-refractivity contribution < 1.29 is 16.8 Å². The first-order valence-electron chi connectivity index (χ1n) is 6.81. The van der Waals surface area contributed by atoms with Gasteiger partial charge in [0.1, 0.15) is 0 Å². The van der Waals surface area contributed by atoms with Crippen LogP contribution in [-0.4, -0.2) is 57.9 Å². The molecule has 124 valence electrons. The Labute approximate surface area is 136 Å². The van der Waals surface area contributed by atoms with E-state index in [9.17, 15) is 16.8 Å². The molecule has 0 aliphatic carbocycles. The molecular weight excluding hydrogens is 348 g/mol. The van der Waals surface area contributed by atoms with Crippen molar-refractivity contribution in [2.45, 2.75) is 23.8 Å². The molecule has 0 aromatic heterocycles. The predicted molar refractivity (Wildman–Crippen MR) is 85.8 cm³/mol. The van der Waals surface area contributed by atoms with Gasteiger partial charge < -0.3 is 0 Å². The van der Waals surface area contributed by atoms with Gasteiger partial charge in [0.2, 0.25) is 20.0 Å². The molecule has 0 radical (unpaired) electrons. The second kappa shape index (κ2) is 6.45. The highest BCUT2D eigenvalue weighted by Crippen LogP contribution is 2.25. The average Bonchev–Trinajstić information content (AvgIpc) is 2.45. The van der Waals surface area contributed by atoms with Crippen molar-refractivity contribution in [3.05, 3.63) is 29.3 Å². The molecule has 1 fully saturated rings. The van der Waals surface area contributed by atoms with Crippen LogP contribution in [0.4, 0.5) is 0 Å². The van der Waals surface area contributed by atoms with E-state index in [0.29, 0.717) is 31.0 Å². The van der Waals surface area contributed by atoms with E-state index in [4.69, 9.17) is 11.6 Å². The van der Waals surface area contributed by atoms with E-state index >= 15 is 0 Å². The summed E-state index contributed by atoms with van der Waals surface area (Å²) in [5, 5.41) is 0.368. The van der Waals surface area contributed by atoms with Crippen LogP contribution in [0.1, 0.15) is 12.8 Å². The number of rotatable bonds is 4. The highest BCUT2D eigenvalue weighted by molar-refractivity contribution is 7.89. The fourth-order valence-corrected chi connectivity index (χ4v) is 5.02. The lowest BCUT2D eigenvalue weighted by atomic mass is 10.1. The van der Waals surface area contributed by atoms with E-state index in [1.807, 2.05) is 0 Å². The summed E-state index contributed by atoms with van der Waals surface area (Å²) in [4.78, 5) is 0.162. The molecule has 22 heavy (non-hydrogen) atoms. The first-order valence-corrected chi connectivity index (χ1v) is 10.5. The molecule has 2 rings (SSSR count). The molecule has 0 atom stereocenters. The van der Waals surface area contributed by atoms with Crippen LogP contribution in [-0.2, 0) is 20.0 Å². The molecule has 0 N–H and O–H groups in total. The molecule has 0 spiro atoms. The summed E-state index contributed by atoms with van der Waals surface area (Å²) in [7, 11) is -5.32. The van der Waals surface area contributed by atoms with Crippen LogP contribution in [0.15, 0.2) is 29.2 Å². The highest BCUT2D eigenvalue weighted by Gasteiger charge is 2.32. The normalized spacial score (nSPS) is 18.7. The van der Waals surface area contributed by atoms with Crippen LogP contribution in [0, 0.1) is 0 Å². The Bertz CT molecular complexity index is 741. The van der Waals surface area contributed by atoms with Crippen molar-refractivity contribution in [2.75, 3.05) is 26.4 Å². The fourth-order valence-electron chi connectivity index (χ4n) is 2.49. The first kappa shape index (κ1) is 17.7. The zero-order chi connectivity index (χ0) is 16.5. The minimum absolute atomic E-state index is 0.162. The van der Waals surface area contributed by atoms with E-state index in [0.717, 1.165) is 6.26 Å². The van der Waals surface area contributed by atoms with Crippen molar-refractivity contribution >= 4 is 31.6 Å². The SMILES string of the molecule is CN(C1CCN(S(=O)(=O)c2cccc(Cl)c2)CC1)S(C)(=O)=O. The van der Waals surface area contributed by atoms with Crippen LogP contribution in [0.5, 0.6) is 0 Å². The van der Waals surface area contributed by atoms with E-state index < -0.39 is 20.0 Å². The molecule has 0 saturated carbocycles. The van der Waals surface area contributed by atoms with Crippen molar-refractivity contribution in [3.63, 3.8) is 0 Å². The Kier molecular flexibility index (Phi) is 5.18. The summed E-state index contributed by atoms with van der Waals surface area (Å²) in [6.45, 7) is 0.582. The molecule has 9 heteroatoms. The van der Waals surface area contributed by atoms with E-state index in [2.05, 4.69) is 0 Å². The minimum Gasteiger partial charge on any atom is -0.213 e. The molecule has 0 unspecified atom stereocenters. The van der Waals surface area contributed by atoms with Crippen molar-refractivity contribution in [1.29, 1.82) is 0 Å². The standard InChI is InChI=1S/C13H19ClN2O4S2/c1-15(21(2,17)18)12-6-8-16(9-7-12)22(19,20)13-5-3-4-11(14)10-13/h3-5,10,12H,6-9H2,1-2H3. The predicted octanol–water partition coefficient (Wildman–Crippen LogP) is 1.38. The second-order valence-electron chi connectivity index (χ2n) is 5.37. The van der Waals surface area contributed by atoms with Gasteiger partial charge in [-0.15, -0.1) is 0 Å². The molecular formula is C13H19ClN2O4S2. The van der Waals surface area contributed by atoms with Gasteiger partial charge in [-0.1, -0.05) is 17.7 Å². The molecule has 0 amide bonds. The lowest BCUT2D eigenvalue weighted by Crippen LogP contribution is -2.46. The number of halogens is 1. The number of benzene rings is 1. The Hall–Kier alpha value is -0.670. The zero-order valence-electron chi connectivity index (χ0n) is 12.4. The molecule has 1 aliphatic heterocycles. The van der Waals surface area contributed by atoms with Gasteiger partial charge in [-0.2, -0.15) is 4.31 Å². The third-order valence-corrected chi connectivity index (χ3v) is 7.37. The monoisotopic (exact) mass is 366 g/mol. The molecule has 1 aromatic rings. The largest absolute Gasteiger partial charge is 0.243 e. The fraction of sp³-hybridized carbons (Fsp3) is 0.538. The Morgan fingerprint density at radius 3 is 2.27 bits per heavy atom. The number of sulfonamides is 2. The van der Waals surface area contributed by atoms with Crippen molar-refractivity contribution in [2.24, 2.45) is 0 Å². The van der Waals surface area contributed by atoms with Crippen LogP contribution >= 0.6 is 11.6 Å². The van der Waals surface area contributed by atoms with E-state index in [1.54, 1.807) is 12.1 Å². The van der Waals surface area contributed by atoms with Crippen LogP contribution in [0.3, 0.4) is 0 Å². The highest BCUT2D eigenvalue weighted by atomic mass is 35.5. The van der Waals surface area contributed by atoms with Crippen LogP contribution in [0.2, 0.25) is 5.02 Å². The third-order valence-electron chi connectivity index (χ3n) is 3.89. The summed E-state index contributed by atoms with van der Waals surface area (Å²) in [6, 6.07) is 5.98. The third kappa shape index (κ3) is 3.80. The molecule has 0 bridgehead atoms. The smallest absolute Gasteiger partial charge is 0.213 e. The topological polar surface area (TPSA) is 74.8 Å². The summed E-state index contributed by atoms with van der Waals surface area (Å²) in [6.07, 6.45) is 2.11. The number of hydrogen-bond acceptors (Lipinski definition) is 4. The van der Waals surface area contributed by atoms with Gasteiger partial charge in [-0.25, -0.2) is 21.1 Å². The summed E-state index contributed by atoms with van der Waals surface area (Å²) in [5.41, 5.74) is 0. The summed E-state index contributed by atoms with van der Waals surface area (Å²) in [5.74, 6) is 0. The van der Waals surface area contributed by atoms with Crippen molar-refractivity contribution in [3.8, 4) is 0 Å². The van der Waals surface area contributed by atoms with Crippen molar-refractivity contribution in [1.82, 2.24) is 8.61 Å². The van der Waals surface area contributed by atoms with E-state index in [-0.39, 0.29) is 10.9 Å². The van der Waals surface area contributed by atoms with Gasteiger partial charge in [-0.05, 0) is 31.0 Å². The maximum absolute atomic E-state index is 12.5. The van der Waals surface area contributed by atoms with Gasteiger partial charge in [0.05, 0.1) is 11.2 Å². The molecule has 1 aliphatic rings. The lowest BCUT2D eigenvalue weighted by molar-refractivity contribution is 0.239. The number of hydrogen-bond donors (Lipinski definition) is 0. The van der Waals surface area contributed by atoms with Crippen LogP contribution in [0.25, 0.3) is 0 Å². The molecule has 1 aromatic carbocycles. The summed E-state index contributed by atoms with van der Waals surface area (Å²) < 4.78 is 50.9. The van der Waals surface area contributed by atoms with Gasteiger partial charge >= 0.3 is 0 Å². The van der Waals surface area contributed by atoms with Gasteiger partial charge in [0.15, 0.2) is 0 Å². The van der Waals surface area contributed by atoms with Gasteiger partial charge in [-0.3, -0.25) is 0 Å². The number of piperidine rings is 1. The Morgan fingerprint density at radius 1 is 1.18 bits per heavy atom. The van der Waals surface area contributed by atoms with Gasteiger partial charge in [0.25, 0.3) is 0 Å². The molecule has 1 saturated heterocycles. The second-order valence-corrected chi connectivity index (χ2v) is 9.79. The zero-order valence-corrected chi connectivity index (χ0v) is 14.8. The van der Waals surface area contributed by atoms with Gasteiger partial charge in [0, 0.05) is 31.2 Å². The Morgan fingerprint density at radius 2 is 1.77 bits per heavy atom. The average molecular weight is 367 g/mol. The van der Waals surface area contributed by atoms with Crippen LogP contribution < -0.4 is 0 Å². The summed E-state index contributed by atoms with van der Waals surface area (Å²) >= 11 is 5.85. The maximum Gasteiger partial charge on any atom is 0.243 e. The quantitative estimate of drug-likeness (QED) is 0.806. The minimum atomic E-state index is -3.59. The molecule has 6 nitrogen and oxygen atoms in total. The first-order chi connectivity index (χ1) is 10.1. The maximum atomic E-state index is 12.5.